The zero-order chi connectivity index (χ0) is 24.3. The summed E-state index contributed by atoms with van der Waals surface area (Å²) in [5, 5.41) is 13.5. The van der Waals surface area contributed by atoms with Crippen molar-refractivity contribution in [2.24, 2.45) is 17.8 Å². The first-order valence-corrected chi connectivity index (χ1v) is 12.7. The van der Waals surface area contributed by atoms with Crippen LogP contribution >= 0.6 is 0 Å². The second-order valence-corrected chi connectivity index (χ2v) is 10.5. The number of fused-ring (bicyclic) bond motifs is 4. The first-order chi connectivity index (χ1) is 17.0. The van der Waals surface area contributed by atoms with Crippen LogP contribution in [0.15, 0.2) is 41.2 Å². The van der Waals surface area contributed by atoms with E-state index in [1.165, 1.54) is 6.07 Å². The SMILES string of the molecule is O=C(NC1CCC1)[C@@H]1[C@@H](CO)[C@@H]2Cn3c(ccc(-c4ccccc4F)c3=O)[C@H]1N2C(=O)CC1CC1. The molecule has 2 aliphatic carbocycles. The maximum atomic E-state index is 14.5. The van der Waals surface area contributed by atoms with Crippen molar-refractivity contribution in [2.75, 3.05) is 6.61 Å². The number of nitrogens with one attached hydrogen (secondary N) is 1. The standard InChI is InChI=1S/C27H30FN3O4/c28-20-7-2-1-6-17(20)18-10-11-21-25-24(26(34)29-16-4-3-5-16)19(14-32)22(13-30(21)27(18)35)31(25)23(33)12-15-8-9-15/h1-2,6-7,10-11,15-16,19,22,24-25,32H,3-5,8-9,12-14H2,(H,29,34)/t19-,22-,24+,25+/m0/s1. The van der Waals surface area contributed by atoms with Crippen molar-refractivity contribution >= 4 is 11.8 Å². The lowest BCUT2D eigenvalue weighted by Gasteiger charge is -2.38. The van der Waals surface area contributed by atoms with Gasteiger partial charge < -0.3 is 19.9 Å². The highest BCUT2D eigenvalue weighted by Crippen LogP contribution is 2.49. The van der Waals surface area contributed by atoms with E-state index in [2.05, 4.69) is 5.32 Å². The Morgan fingerprint density at radius 1 is 1.06 bits per heavy atom. The molecule has 184 valence electrons. The molecular formula is C27H30FN3O4. The molecule has 0 radical (unpaired) electrons. The van der Waals surface area contributed by atoms with Crippen LogP contribution in [0.5, 0.6) is 0 Å². The Kier molecular flexibility index (Phi) is 5.51. The number of nitrogens with zero attached hydrogens (tertiary/aromatic N) is 2. The van der Waals surface area contributed by atoms with Crippen molar-refractivity contribution in [3.05, 3.63) is 58.3 Å². The summed E-state index contributed by atoms with van der Waals surface area (Å²) >= 11 is 0. The molecule has 3 fully saturated rings. The smallest absolute Gasteiger partial charge is 0.258 e. The third-order valence-electron chi connectivity index (χ3n) is 8.41. The predicted octanol–water partition coefficient (Wildman–Crippen LogP) is 2.61. The van der Waals surface area contributed by atoms with Gasteiger partial charge in [-0.3, -0.25) is 14.4 Å². The molecule has 2 amide bonds. The van der Waals surface area contributed by atoms with Gasteiger partial charge in [0, 0.05) is 42.8 Å². The lowest BCUT2D eigenvalue weighted by Crippen LogP contribution is -2.49. The number of hydrogen-bond acceptors (Lipinski definition) is 4. The van der Waals surface area contributed by atoms with Crippen molar-refractivity contribution in [2.45, 2.75) is 63.2 Å². The van der Waals surface area contributed by atoms with Crippen LogP contribution in [0.1, 0.15) is 50.3 Å². The van der Waals surface area contributed by atoms with E-state index in [4.69, 9.17) is 0 Å². The molecule has 2 aromatic rings. The van der Waals surface area contributed by atoms with Gasteiger partial charge in [-0.25, -0.2) is 4.39 Å². The van der Waals surface area contributed by atoms with Crippen LogP contribution in [0.4, 0.5) is 4.39 Å². The Bertz CT molecular complexity index is 1240. The molecule has 1 saturated heterocycles. The van der Waals surface area contributed by atoms with Crippen LogP contribution in [0.2, 0.25) is 0 Å². The number of amides is 2. The zero-order valence-corrected chi connectivity index (χ0v) is 19.5. The van der Waals surface area contributed by atoms with Crippen LogP contribution in [-0.2, 0) is 16.1 Å². The fourth-order valence-corrected chi connectivity index (χ4v) is 6.16. The predicted molar refractivity (Wildman–Crippen MR) is 127 cm³/mol. The van der Waals surface area contributed by atoms with Gasteiger partial charge in [0.15, 0.2) is 0 Å². The topological polar surface area (TPSA) is 91.6 Å². The minimum Gasteiger partial charge on any atom is -0.396 e. The normalized spacial score (nSPS) is 27.3. The van der Waals surface area contributed by atoms with Crippen molar-refractivity contribution in [3.63, 3.8) is 0 Å². The van der Waals surface area contributed by atoms with E-state index in [0.29, 0.717) is 18.0 Å². The van der Waals surface area contributed by atoms with Crippen LogP contribution < -0.4 is 10.9 Å². The van der Waals surface area contributed by atoms with E-state index in [-0.39, 0.29) is 47.7 Å². The highest BCUT2D eigenvalue weighted by Gasteiger charge is 2.57. The Hall–Kier alpha value is -3.00. The van der Waals surface area contributed by atoms with Gasteiger partial charge in [0.25, 0.3) is 5.56 Å². The Morgan fingerprint density at radius 3 is 2.49 bits per heavy atom. The third kappa shape index (κ3) is 3.69. The molecule has 1 aromatic carbocycles. The van der Waals surface area contributed by atoms with Gasteiger partial charge in [-0.1, -0.05) is 18.2 Å². The monoisotopic (exact) mass is 479 g/mol. The van der Waals surface area contributed by atoms with E-state index in [1.807, 2.05) is 0 Å². The number of aliphatic hydroxyl groups excluding tert-OH is 1. The summed E-state index contributed by atoms with van der Waals surface area (Å²) in [4.78, 5) is 42.3. The summed E-state index contributed by atoms with van der Waals surface area (Å²) in [6.45, 7) is -0.0676. The lowest BCUT2D eigenvalue weighted by atomic mass is 9.85. The molecule has 2 bridgehead atoms. The number of aromatic nitrogens is 1. The van der Waals surface area contributed by atoms with Gasteiger partial charge in [0.2, 0.25) is 11.8 Å². The first kappa shape index (κ1) is 22.5. The molecule has 3 heterocycles. The van der Waals surface area contributed by atoms with Crippen molar-refractivity contribution < 1.29 is 19.1 Å². The van der Waals surface area contributed by atoms with Gasteiger partial charge in [-0.15, -0.1) is 0 Å². The number of carbonyl (C=O) groups is 2. The number of halogens is 1. The fourth-order valence-electron chi connectivity index (χ4n) is 6.16. The minimum absolute atomic E-state index is 0.0169. The fraction of sp³-hybridized carbons (Fsp3) is 0.519. The van der Waals surface area contributed by atoms with Gasteiger partial charge in [0.05, 0.1) is 23.6 Å². The van der Waals surface area contributed by atoms with Crippen LogP contribution in [-0.4, -0.2) is 45.1 Å². The average Bonchev–Trinajstić information content (AvgIpc) is 3.59. The number of benzene rings is 1. The molecule has 2 saturated carbocycles. The van der Waals surface area contributed by atoms with E-state index < -0.39 is 29.7 Å². The quantitative estimate of drug-likeness (QED) is 0.666. The van der Waals surface area contributed by atoms with Crippen molar-refractivity contribution in [1.82, 2.24) is 14.8 Å². The second-order valence-electron chi connectivity index (χ2n) is 10.5. The molecule has 0 spiro atoms. The van der Waals surface area contributed by atoms with Crippen LogP contribution in [0.3, 0.4) is 0 Å². The summed E-state index contributed by atoms with van der Waals surface area (Å²) in [5.74, 6) is -1.39. The van der Waals surface area contributed by atoms with Gasteiger partial charge in [-0.2, -0.15) is 0 Å². The Labute approximate surface area is 202 Å². The van der Waals surface area contributed by atoms with Crippen LogP contribution in [0.25, 0.3) is 11.1 Å². The van der Waals surface area contributed by atoms with Gasteiger partial charge >= 0.3 is 0 Å². The second kappa shape index (κ2) is 8.59. The number of aliphatic hydroxyl groups is 1. The van der Waals surface area contributed by atoms with Crippen molar-refractivity contribution in [1.29, 1.82) is 0 Å². The van der Waals surface area contributed by atoms with E-state index in [0.717, 1.165) is 32.1 Å². The largest absolute Gasteiger partial charge is 0.396 e. The summed E-state index contributed by atoms with van der Waals surface area (Å²) < 4.78 is 16.1. The molecule has 6 rings (SSSR count). The maximum absolute atomic E-state index is 14.5. The Morgan fingerprint density at radius 2 is 1.83 bits per heavy atom. The van der Waals surface area contributed by atoms with Crippen LogP contribution in [0, 0.1) is 23.6 Å². The van der Waals surface area contributed by atoms with Crippen molar-refractivity contribution in [3.8, 4) is 11.1 Å². The van der Waals surface area contributed by atoms with E-state index in [1.54, 1.807) is 39.8 Å². The molecule has 35 heavy (non-hydrogen) atoms. The average molecular weight is 480 g/mol. The molecule has 1 aromatic heterocycles. The molecule has 4 atom stereocenters. The summed E-state index contributed by atoms with van der Waals surface area (Å²) in [7, 11) is 0. The van der Waals surface area contributed by atoms with Gasteiger partial charge in [0.1, 0.15) is 5.82 Å². The van der Waals surface area contributed by atoms with Gasteiger partial charge in [-0.05, 0) is 56.2 Å². The Balaban J connectivity index is 1.44. The third-order valence-corrected chi connectivity index (χ3v) is 8.41. The number of hydrogen-bond donors (Lipinski definition) is 2. The highest BCUT2D eigenvalue weighted by molar-refractivity contribution is 5.85. The lowest BCUT2D eigenvalue weighted by molar-refractivity contribution is -0.137. The number of rotatable bonds is 6. The number of pyridine rings is 1. The molecule has 4 aliphatic rings. The summed E-state index contributed by atoms with van der Waals surface area (Å²) in [6, 6.07) is 8.56. The van der Waals surface area contributed by atoms with E-state index >= 15 is 0 Å². The summed E-state index contributed by atoms with van der Waals surface area (Å²) in [6.07, 6.45) is 5.44. The summed E-state index contributed by atoms with van der Waals surface area (Å²) in [5.41, 5.74) is 0.722. The number of carbonyl (C=O) groups excluding carboxylic acids is 2. The maximum Gasteiger partial charge on any atom is 0.258 e. The molecular weight excluding hydrogens is 449 g/mol. The highest BCUT2D eigenvalue weighted by atomic mass is 19.1. The molecule has 2 aliphatic heterocycles. The van der Waals surface area contributed by atoms with E-state index in [9.17, 15) is 23.9 Å². The molecule has 0 unspecified atom stereocenters. The first-order valence-electron chi connectivity index (χ1n) is 12.7. The minimum atomic E-state index is -0.638. The molecule has 8 heteroatoms. The zero-order valence-electron chi connectivity index (χ0n) is 19.5. The molecule has 7 nitrogen and oxygen atoms in total. The molecule has 2 N–H and O–H groups in total.